The number of carbonyl (C=O) groups excluding carboxylic acids is 1. The van der Waals surface area contributed by atoms with Crippen LogP contribution in [-0.2, 0) is 0 Å². The third-order valence-corrected chi connectivity index (χ3v) is 2.77. The van der Waals surface area contributed by atoms with E-state index < -0.39 is 0 Å². The zero-order valence-corrected chi connectivity index (χ0v) is 10.4. The number of hydrogen-bond acceptors (Lipinski definition) is 3. The molecule has 1 aromatic heterocycles. The van der Waals surface area contributed by atoms with Gasteiger partial charge in [-0.1, -0.05) is 6.07 Å². The molecule has 0 atom stereocenters. The molecule has 2 rings (SSSR count). The van der Waals surface area contributed by atoms with Crippen LogP contribution in [-0.4, -0.2) is 10.9 Å². The van der Waals surface area contributed by atoms with Gasteiger partial charge in [-0.15, -0.1) is 0 Å². The number of pyridine rings is 1. The first-order valence-corrected chi connectivity index (χ1v) is 5.67. The molecule has 18 heavy (non-hydrogen) atoms. The number of aromatic nitrogens is 1. The summed E-state index contributed by atoms with van der Waals surface area (Å²) < 4.78 is 0. The second-order valence-electron chi connectivity index (χ2n) is 4.19. The van der Waals surface area contributed by atoms with E-state index >= 15 is 0 Å². The second kappa shape index (κ2) is 4.87. The number of benzene rings is 1. The smallest absolute Gasteiger partial charge is 0.256 e. The fourth-order valence-electron chi connectivity index (χ4n) is 1.61. The second-order valence-corrected chi connectivity index (χ2v) is 4.19. The van der Waals surface area contributed by atoms with Gasteiger partial charge in [0.2, 0.25) is 0 Å². The summed E-state index contributed by atoms with van der Waals surface area (Å²) >= 11 is 0. The Labute approximate surface area is 106 Å². The molecule has 0 saturated heterocycles. The Hall–Kier alpha value is -2.36. The molecule has 1 heterocycles. The number of nitrogen functional groups attached to an aromatic ring is 1. The number of nitrogens with two attached hydrogens (primary N) is 1. The molecule has 0 spiro atoms. The summed E-state index contributed by atoms with van der Waals surface area (Å²) in [5.74, 6) is 0.400. The minimum Gasteiger partial charge on any atom is -0.399 e. The normalized spacial score (nSPS) is 10.1. The Morgan fingerprint density at radius 1 is 1.22 bits per heavy atom. The lowest BCUT2D eigenvalue weighted by Gasteiger charge is -2.08. The van der Waals surface area contributed by atoms with Gasteiger partial charge in [-0.3, -0.25) is 4.79 Å². The van der Waals surface area contributed by atoms with Crippen molar-refractivity contribution in [1.29, 1.82) is 0 Å². The van der Waals surface area contributed by atoms with Crippen LogP contribution in [0.5, 0.6) is 0 Å². The Morgan fingerprint density at radius 2 is 2.00 bits per heavy atom. The molecule has 0 aliphatic rings. The zero-order valence-electron chi connectivity index (χ0n) is 10.4. The van der Waals surface area contributed by atoms with Crippen molar-refractivity contribution < 1.29 is 4.79 Å². The summed E-state index contributed by atoms with van der Waals surface area (Å²) in [4.78, 5) is 16.2. The molecule has 4 heteroatoms. The predicted octanol–water partition coefficient (Wildman–Crippen LogP) is 2.53. The summed E-state index contributed by atoms with van der Waals surface area (Å²) in [5.41, 5.74) is 8.80. The van der Waals surface area contributed by atoms with Crippen molar-refractivity contribution in [3.63, 3.8) is 0 Å². The van der Waals surface area contributed by atoms with Crippen molar-refractivity contribution in [2.24, 2.45) is 0 Å². The van der Waals surface area contributed by atoms with Gasteiger partial charge in [0.25, 0.3) is 5.91 Å². The number of nitrogens with one attached hydrogen (secondary N) is 1. The van der Waals surface area contributed by atoms with Crippen molar-refractivity contribution in [3.05, 3.63) is 53.2 Å². The van der Waals surface area contributed by atoms with Crippen LogP contribution in [0.3, 0.4) is 0 Å². The van der Waals surface area contributed by atoms with Gasteiger partial charge in [0, 0.05) is 17.4 Å². The number of hydrogen-bond donors (Lipinski definition) is 2. The number of amides is 1. The molecule has 92 valence electrons. The van der Waals surface area contributed by atoms with Gasteiger partial charge in [0.1, 0.15) is 5.82 Å². The molecule has 1 aromatic carbocycles. The van der Waals surface area contributed by atoms with E-state index in [1.165, 1.54) is 0 Å². The molecule has 0 bridgehead atoms. The quantitative estimate of drug-likeness (QED) is 0.794. The number of rotatable bonds is 2. The average molecular weight is 241 g/mol. The van der Waals surface area contributed by atoms with E-state index in [2.05, 4.69) is 10.3 Å². The third kappa shape index (κ3) is 2.48. The highest BCUT2D eigenvalue weighted by molar-refractivity contribution is 6.04. The minimum atomic E-state index is -0.181. The van der Waals surface area contributed by atoms with Crippen molar-refractivity contribution in [2.45, 2.75) is 13.8 Å². The maximum atomic E-state index is 12.0. The summed E-state index contributed by atoms with van der Waals surface area (Å²) in [7, 11) is 0. The SMILES string of the molecule is Cc1cc(C(=O)Nc2ncccc2C)ccc1N. The largest absolute Gasteiger partial charge is 0.399 e. The summed E-state index contributed by atoms with van der Waals surface area (Å²) in [6.45, 7) is 3.77. The van der Waals surface area contributed by atoms with Gasteiger partial charge in [-0.25, -0.2) is 4.98 Å². The first kappa shape index (κ1) is 12.1. The molecule has 3 N–H and O–H groups in total. The van der Waals surface area contributed by atoms with Crippen molar-refractivity contribution in [1.82, 2.24) is 4.98 Å². The van der Waals surface area contributed by atoms with Crippen LogP contribution in [0.1, 0.15) is 21.5 Å². The molecule has 0 saturated carbocycles. The van der Waals surface area contributed by atoms with E-state index in [9.17, 15) is 4.79 Å². The van der Waals surface area contributed by atoms with Crippen LogP contribution in [0.2, 0.25) is 0 Å². The fourth-order valence-corrected chi connectivity index (χ4v) is 1.61. The lowest BCUT2D eigenvalue weighted by molar-refractivity contribution is 0.102. The van der Waals surface area contributed by atoms with E-state index in [1.54, 1.807) is 24.4 Å². The molecule has 0 radical (unpaired) electrons. The average Bonchev–Trinajstić information content (AvgIpc) is 2.35. The summed E-state index contributed by atoms with van der Waals surface area (Å²) in [6, 6.07) is 8.93. The maximum Gasteiger partial charge on any atom is 0.256 e. The van der Waals surface area contributed by atoms with Crippen LogP contribution in [0.15, 0.2) is 36.5 Å². The third-order valence-electron chi connectivity index (χ3n) is 2.77. The molecule has 1 amide bonds. The van der Waals surface area contributed by atoms with E-state index in [0.29, 0.717) is 17.1 Å². The molecular formula is C14H15N3O. The molecule has 2 aromatic rings. The standard InChI is InChI=1S/C14H15N3O/c1-9-4-3-7-16-13(9)17-14(18)11-5-6-12(15)10(2)8-11/h3-8H,15H2,1-2H3,(H,16,17,18). The van der Waals surface area contributed by atoms with Crippen molar-refractivity contribution in [2.75, 3.05) is 11.1 Å². The lowest BCUT2D eigenvalue weighted by atomic mass is 10.1. The minimum absolute atomic E-state index is 0.181. The van der Waals surface area contributed by atoms with Gasteiger partial charge >= 0.3 is 0 Å². The van der Waals surface area contributed by atoms with E-state index in [1.807, 2.05) is 26.0 Å². The molecule has 0 fully saturated rings. The van der Waals surface area contributed by atoms with Crippen molar-refractivity contribution in [3.8, 4) is 0 Å². The number of aryl methyl sites for hydroxylation is 2. The van der Waals surface area contributed by atoms with Crippen LogP contribution in [0, 0.1) is 13.8 Å². The van der Waals surface area contributed by atoms with Crippen LogP contribution >= 0.6 is 0 Å². The first-order chi connectivity index (χ1) is 8.58. The van der Waals surface area contributed by atoms with Gasteiger partial charge in [-0.05, 0) is 49.2 Å². The highest BCUT2D eigenvalue weighted by atomic mass is 16.1. The summed E-state index contributed by atoms with van der Waals surface area (Å²) in [5, 5.41) is 2.78. The number of carbonyl (C=O) groups is 1. The number of nitrogens with zero attached hydrogens (tertiary/aromatic N) is 1. The monoisotopic (exact) mass is 241 g/mol. The van der Waals surface area contributed by atoms with Crippen LogP contribution in [0.25, 0.3) is 0 Å². The lowest BCUT2D eigenvalue weighted by Crippen LogP contribution is -2.14. The van der Waals surface area contributed by atoms with Gasteiger partial charge < -0.3 is 11.1 Å². The van der Waals surface area contributed by atoms with Crippen molar-refractivity contribution >= 4 is 17.4 Å². The Kier molecular flexibility index (Phi) is 3.28. The van der Waals surface area contributed by atoms with E-state index in [4.69, 9.17) is 5.73 Å². The van der Waals surface area contributed by atoms with Crippen LogP contribution < -0.4 is 11.1 Å². The molecular weight excluding hydrogens is 226 g/mol. The summed E-state index contributed by atoms with van der Waals surface area (Å²) in [6.07, 6.45) is 1.65. The van der Waals surface area contributed by atoms with Gasteiger partial charge in [0.15, 0.2) is 0 Å². The Bertz CT molecular complexity index is 593. The molecule has 0 aliphatic heterocycles. The highest BCUT2D eigenvalue weighted by Crippen LogP contribution is 2.15. The molecule has 0 aliphatic carbocycles. The Morgan fingerprint density at radius 3 is 2.67 bits per heavy atom. The first-order valence-electron chi connectivity index (χ1n) is 5.67. The zero-order chi connectivity index (χ0) is 13.1. The maximum absolute atomic E-state index is 12.0. The fraction of sp³-hybridized carbons (Fsp3) is 0.143. The molecule has 4 nitrogen and oxygen atoms in total. The topological polar surface area (TPSA) is 68.0 Å². The van der Waals surface area contributed by atoms with Crippen LogP contribution in [0.4, 0.5) is 11.5 Å². The van der Waals surface area contributed by atoms with E-state index in [0.717, 1.165) is 11.1 Å². The number of anilines is 2. The Balaban J connectivity index is 2.22. The highest BCUT2D eigenvalue weighted by Gasteiger charge is 2.09. The van der Waals surface area contributed by atoms with Gasteiger partial charge in [0.05, 0.1) is 0 Å². The molecule has 0 unspecified atom stereocenters. The van der Waals surface area contributed by atoms with Gasteiger partial charge in [-0.2, -0.15) is 0 Å². The van der Waals surface area contributed by atoms with E-state index in [-0.39, 0.29) is 5.91 Å². The predicted molar refractivity (Wildman–Crippen MR) is 72.5 cm³/mol.